The Morgan fingerprint density at radius 1 is 1.16 bits per heavy atom. The first-order valence-corrected chi connectivity index (χ1v) is 10.8. The van der Waals surface area contributed by atoms with E-state index in [0.717, 1.165) is 25.7 Å². The molecular formula is C21H32N4O6. The van der Waals surface area contributed by atoms with Crippen molar-refractivity contribution >= 4 is 17.7 Å². The van der Waals surface area contributed by atoms with E-state index in [1.807, 2.05) is 0 Å². The van der Waals surface area contributed by atoms with Crippen molar-refractivity contribution in [3.8, 4) is 0 Å². The molecule has 1 aromatic rings. The molecule has 3 rings (SSSR count). The Morgan fingerprint density at radius 2 is 1.94 bits per heavy atom. The zero-order valence-electron chi connectivity index (χ0n) is 18.5. The number of hydrogen-bond donors (Lipinski definition) is 1. The highest BCUT2D eigenvalue weighted by atomic mass is 16.5. The molecule has 31 heavy (non-hydrogen) atoms. The number of rotatable bonds is 5. The van der Waals surface area contributed by atoms with Crippen LogP contribution >= 0.6 is 0 Å². The summed E-state index contributed by atoms with van der Waals surface area (Å²) in [5, 5.41) is 6.89. The maximum atomic E-state index is 13.2. The van der Waals surface area contributed by atoms with Gasteiger partial charge in [0.2, 0.25) is 11.8 Å². The Hall–Kier alpha value is -2.46. The van der Waals surface area contributed by atoms with Gasteiger partial charge in [-0.2, -0.15) is 0 Å². The van der Waals surface area contributed by atoms with Crippen LogP contribution in [0.2, 0.25) is 0 Å². The van der Waals surface area contributed by atoms with Gasteiger partial charge >= 0.3 is 0 Å². The number of amides is 3. The van der Waals surface area contributed by atoms with Crippen molar-refractivity contribution in [2.75, 3.05) is 47.0 Å². The SMILES string of the molecule is COCC(=O)N1CCN(C(=O)c2noc(C)c2COC)CCNC(=O)[C@H]2CCCC[C@H]21. The molecule has 10 nitrogen and oxygen atoms in total. The van der Waals surface area contributed by atoms with Crippen molar-refractivity contribution in [2.24, 2.45) is 5.92 Å². The van der Waals surface area contributed by atoms with Crippen LogP contribution in [0.15, 0.2) is 4.52 Å². The van der Waals surface area contributed by atoms with Crippen LogP contribution in [-0.4, -0.2) is 85.7 Å². The van der Waals surface area contributed by atoms with Crippen LogP contribution in [0.4, 0.5) is 0 Å². The van der Waals surface area contributed by atoms with Crippen molar-refractivity contribution in [3.63, 3.8) is 0 Å². The lowest BCUT2D eigenvalue weighted by Gasteiger charge is -2.41. The molecule has 10 heteroatoms. The summed E-state index contributed by atoms with van der Waals surface area (Å²) in [6.07, 6.45) is 3.46. The highest BCUT2D eigenvalue weighted by molar-refractivity contribution is 5.94. The highest BCUT2D eigenvalue weighted by Gasteiger charge is 2.38. The van der Waals surface area contributed by atoms with Crippen LogP contribution in [0.3, 0.4) is 0 Å². The van der Waals surface area contributed by atoms with Crippen LogP contribution in [0.5, 0.6) is 0 Å². The number of nitrogens with zero attached hydrogens (tertiary/aromatic N) is 3. The molecule has 2 atom stereocenters. The summed E-state index contributed by atoms with van der Waals surface area (Å²) in [6.45, 7) is 3.20. The van der Waals surface area contributed by atoms with Crippen LogP contribution in [0.25, 0.3) is 0 Å². The van der Waals surface area contributed by atoms with Crippen LogP contribution in [0.1, 0.15) is 47.5 Å². The third-order valence-electron chi connectivity index (χ3n) is 6.11. The van der Waals surface area contributed by atoms with E-state index < -0.39 is 0 Å². The number of fused-ring (bicyclic) bond motifs is 1. The number of nitrogens with one attached hydrogen (secondary N) is 1. The van der Waals surface area contributed by atoms with E-state index >= 15 is 0 Å². The van der Waals surface area contributed by atoms with E-state index in [0.29, 0.717) is 37.5 Å². The number of ether oxygens (including phenoxy) is 2. The second-order valence-electron chi connectivity index (χ2n) is 8.06. The average Bonchev–Trinajstić information content (AvgIpc) is 3.13. The van der Waals surface area contributed by atoms with E-state index in [2.05, 4.69) is 10.5 Å². The first-order valence-electron chi connectivity index (χ1n) is 10.8. The molecule has 1 saturated carbocycles. The minimum absolute atomic E-state index is 0.0563. The van der Waals surface area contributed by atoms with Crippen molar-refractivity contribution < 1.29 is 28.4 Å². The summed E-state index contributed by atoms with van der Waals surface area (Å²) in [5.74, 6) is -0.244. The summed E-state index contributed by atoms with van der Waals surface area (Å²) < 4.78 is 15.5. The summed E-state index contributed by atoms with van der Waals surface area (Å²) in [4.78, 5) is 42.3. The normalized spacial score (nSPS) is 22.6. The lowest BCUT2D eigenvalue weighted by molar-refractivity contribution is -0.142. The minimum atomic E-state index is -0.307. The fourth-order valence-electron chi connectivity index (χ4n) is 4.48. The van der Waals surface area contributed by atoms with Crippen molar-refractivity contribution in [2.45, 2.75) is 45.3 Å². The molecule has 0 aromatic carbocycles. The number of aromatic nitrogens is 1. The van der Waals surface area contributed by atoms with Gasteiger partial charge in [0.25, 0.3) is 5.91 Å². The fourth-order valence-corrected chi connectivity index (χ4v) is 4.48. The van der Waals surface area contributed by atoms with E-state index in [-0.39, 0.29) is 48.6 Å². The lowest BCUT2D eigenvalue weighted by atomic mass is 9.82. The van der Waals surface area contributed by atoms with Gasteiger partial charge in [-0.25, -0.2) is 0 Å². The molecule has 1 aliphatic heterocycles. The minimum Gasteiger partial charge on any atom is -0.380 e. The number of methoxy groups -OCH3 is 2. The first kappa shape index (κ1) is 23.2. The third-order valence-corrected chi connectivity index (χ3v) is 6.11. The Balaban J connectivity index is 1.84. The molecule has 0 unspecified atom stereocenters. The van der Waals surface area contributed by atoms with Gasteiger partial charge < -0.3 is 29.1 Å². The molecular weight excluding hydrogens is 404 g/mol. The quantitative estimate of drug-likeness (QED) is 0.724. The molecule has 1 aliphatic carbocycles. The second-order valence-corrected chi connectivity index (χ2v) is 8.06. The maximum absolute atomic E-state index is 13.2. The summed E-state index contributed by atoms with van der Waals surface area (Å²) in [7, 11) is 3.02. The largest absolute Gasteiger partial charge is 0.380 e. The topological polar surface area (TPSA) is 114 Å². The average molecular weight is 437 g/mol. The molecule has 0 radical (unpaired) electrons. The molecule has 1 aromatic heterocycles. The van der Waals surface area contributed by atoms with E-state index in [1.54, 1.807) is 23.8 Å². The van der Waals surface area contributed by atoms with Gasteiger partial charge in [-0.1, -0.05) is 18.0 Å². The van der Waals surface area contributed by atoms with Crippen molar-refractivity contribution in [1.29, 1.82) is 0 Å². The molecule has 2 heterocycles. The molecule has 3 amide bonds. The van der Waals surface area contributed by atoms with E-state index in [9.17, 15) is 14.4 Å². The Labute approximate surface area is 182 Å². The zero-order valence-corrected chi connectivity index (χ0v) is 18.5. The van der Waals surface area contributed by atoms with Crippen LogP contribution in [0, 0.1) is 12.8 Å². The van der Waals surface area contributed by atoms with E-state index in [1.165, 1.54) is 7.11 Å². The second kappa shape index (κ2) is 10.7. The lowest BCUT2D eigenvalue weighted by Crippen LogP contribution is -2.56. The first-order chi connectivity index (χ1) is 15.0. The van der Waals surface area contributed by atoms with Crippen molar-refractivity contribution in [3.05, 3.63) is 17.0 Å². The molecule has 1 saturated heterocycles. The zero-order chi connectivity index (χ0) is 22.4. The Bertz CT molecular complexity index is 795. The van der Waals surface area contributed by atoms with Crippen molar-refractivity contribution in [1.82, 2.24) is 20.3 Å². The van der Waals surface area contributed by atoms with Gasteiger partial charge in [-0.15, -0.1) is 0 Å². The smallest absolute Gasteiger partial charge is 0.276 e. The van der Waals surface area contributed by atoms with Crippen LogP contribution in [-0.2, 0) is 25.7 Å². The standard InChI is InChI=1S/C21H32N4O6/c1-14-16(12-29-2)19(23-31-14)21(28)24-9-8-22-20(27)15-6-4-5-7-17(15)25(11-10-24)18(26)13-30-3/h15,17H,4-13H2,1-3H3,(H,22,27)/t15-,17+/m0/s1. The summed E-state index contributed by atoms with van der Waals surface area (Å²) in [5.41, 5.74) is 0.807. The molecule has 0 bridgehead atoms. The molecule has 0 spiro atoms. The van der Waals surface area contributed by atoms with Crippen LogP contribution < -0.4 is 5.32 Å². The van der Waals surface area contributed by atoms with Gasteiger partial charge in [0.15, 0.2) is 5.69 Å². The molecule has 2 fully saturated rings. The predicted octanol–water partition coefficient (Wildman–Crippen LogP) is 0.735. The number of carbonyl (C=O) groups is 3. The number of carbonyl (C=O) groups excluding carboxylic acids is 3. The highest BCUT2D eigenvalue weighted by Crippen LogP contribution is 2.29. The number of hydrogen-bond acceptors (Lipinski definition) is 7. The maximum Gasteiger partial charge on any atom is 0.276 e. The fraction of sp³-hybridized carbons (Fsp3) is 0.714. The van der Waals surface area contributed by atoms with Gasteiger partial charge in [-0.05, 0) is 19.8 Å². The Morgan fingerprint density at radius 3 is 2.68 bits per heavy atom. The predicted molar refractivity (Wildman–Crippen MR) is 110 cm³/mol. The molecule has 1 N–H and O–H groups in total. The molecule has 2 aliphatic rings. The monoisotopic (exact) mass is 436 g/mol. The van der Waals surface area contributed by atoms with Gasteiger partial charge in [0.05, 0.1) is 18.1 Å². The van der Waals surface area contributed by atoms with Gasteiger partial charge in [0, 0.05) is 46.4 Å². The Kier molecular flexibility index (Phi) is 8.03. The summed E-state index contributed by atoms with van der Waals surface area (Å²) >= 11 is 0. The summed E-state index contributed by atoms with van der Waals surface area (Å²) in [6, 6.07) is -0.190. The number of aryl methyl sites for hydroxylation is 1. The molecule has 172 valence electrons. The van der Waals surface area contributed by atoms with E-state index in [4.69, 9.17) is 14.0 Å². The third kappa shape index (κ3) is 5.24. The van der Waals surface area contributed by atoms with Gasteiger partial charge in [0.1, 0.15) is 12.4 Å². The van der Waals surface area contributed by atoms with Gasteiger partial charge in [-0.3, -0.25) is 14.4 Å².